The third-order valence-electron chi connectivity index (χ3n) is 1.11. The first kappa shape index (κ1) is 5.95. The highest BCUT2D eigenvalue weighted by Crippen LogP contribution is 1.98. The van der Waals surface area contributed by atoms with Crippen molar-refractivity contribution in [3.8, 4) is 0 Å². The number of nitrogens with two attached hydrogens (primary N) is 1. The zero-order chi connectivity index (χ0) is 6.69. The molecule has 0 unspecified atom stereocenters. The van der Waals surface area contributed by atoms with E-state index in [0.29, 0.717) is 6.42 Å². The number of rotatable bonds is 2. The molecule has 1 rings (SSSR count). The van der Waals surface area contributed by atoms with Crippen molar-refractivity contribution in [1.82, 2.24) is 0 Å². The van der Waals surface area contributed by atoms with Gasteiger partial charge in [0.05, 0.1) is 0 Å². The van der Waals surface area contributed by atoms with Crippen molar-refractivity contribution in [1.29, 1.82) is 0 Å². The molecule has 0 atom stereocenters. The van der Waals surface area contributed by atoms with E-state index in [2.05, 4.69) is 0 Å². The second-order valence-corrected chi connectivity index (χ2v) is 1.94. The van der Waals surface area contributed by atoms with E-state index in [0.717, 1.165) is 5.56 Å². The summed E-state index contributed by atoms with van der Waals surface area (Å²) in [5.74, 6) is -0.277. The Morgan fingerprint density at radius 3 is 3.00 bits per heavy atom. The quantitative estimate of drug-likeness (QED) is 0.568. The van der Waals surface area contributed by atoms with Crippen LogP contribution in [0.3, 0.4) is 0 Å². The summed E-state index contributed by atoms with van der Waals surface area (Å²) in [5.41, 5.74) is 5.93. The topological polar surface area (TPSA) is 43.1 Å². The van der Waals surface area contributed by atoms with Crippen LogP contribution in [0, 0.1) is 0 Å². The van der Waals surface area contributed by atoms with Gasteiger partial charge in [-0.3, -0.25) is 4.79 Å². The van der Waals surface area contributed by atoms with Crippen molar-refractivity contribution in [3.05, 3.63) is 29.8 Å². The molecule has 0 aromatic heterocycles. The van der Waals surface area contributed by atoms with Gasteiger partial charge in [-0.1, -0.05) is 0 Å². The summed E-state index contributed by atoms with van der Waals surface area (Å²) >= 11 is 0. The van der Waals surface area contributed by atoms with Gasteiger partial charge in [-0.05, 0) is 6.42 Å². The molecular formula is C7H8NO-. The molecule has 0 aliphatic heterocycles. The van der Waals surface area contributed by atoms with E-state index < -0.39 is 0 Å². The SMILES string of the molecule is NC(=O)Cc1cc[cH-]c1. The van der Waals surface area contributed by atoms with Gasteiger partial charge >= 0.3 is 0 Å². The molecule has 0 spiro atoms. The van der Waals surface area contributed by atoms with E-state index in [1.807, 2.05) is 24.3 Å². The first-order valence-electron chi connectivity index (χ1n) is 2.78. The van der Waals surface area contributed by atoms with E-state index in [1.165, 1.54) is 0 Å². The van der Waals surface area contributed by atoms with Gasteiger partial charge in [-0.25, -0.2) is 6.07 Å². The summed E-state index contributed by atoms with van der Waals surface area (Å²) in [4.78, 5) is 10.3. The van der Waals surface area contributed by atoms with Crippen LogP contribution in [0.5, 0.6) is 0 Å². The fourth-order valence-corrected chi connectivity index (χ4v) is 0.733. The van der Waals surface area contributed by atoms with Crippen LogP contribution in [0.15, 0.2) is 24.3 Å². The Balaban J connectivity index is 2.58. The van der Waals surface area contributed by atoms with Crippen LogP contribution in [0.1, 0.15) is 5.56 Å². The highest BCUT2D eigenvalue weighted by molar-refractivity contribution is 5.76. The van der Waals surface area contributed by atoms with Crippen LogP contribution >= 0.6 is 0 Å². The molecule has 2 N–H and O–H groups in total. The smallest absolute Gasteiger partial charge is 0.209 e. The minimum Gasteiger partial charge on any atom is -0.370 e. The lowest BCUT2D eigenvalue weighted by Crippen LogP contribution is -2.12. The summed E-state index contributed by atoms with van der Waals surface area (Å²) in [7, 11) is 0. The summed E-state index contributed by atoms with van der Waals surface area (Å²) < 4.78 is 0. The molecule has 0 saturated heterocycles. The Labute approximate surface area is 53.7 Å². The molecule has 0 heterocycles. The van der Waals surface area contributed by atoms with Gasteiger partial charge in [-0.15, -0.1) is 0 Å². The van der Waals surface area contributed by atoms with Crippen molar-refractivity contribution >= 4 is 5.91 Å². The summed E-state index contributed by atoms with van der Waals surface area (Å²) in [6, 6.07) is 7.53. The molecule has 2 heteroatoms. The third-order valence-corrected chi connectivity index (χ3v) is 1.11. The van der Waals surface area contributed by atoms with Gasteiger partial charge in [0.2, 0.25) is 5.91 Å². The number of primary amides is 1. The number of amides is 1. The Kier molecular flexibility index (Phi) is 1.58. The Morgan fingerprint density at radius 2 is 2.56 bits per heavy atom. The van der Waals surface area contributed by atoms with Crippen molar-refractivity contribution in [2.24, 2.45) is 5.73 Å². The molecule has 1 amide bonds. The van der Waals surface area contributed by atoms with Gasteiger partial charge in [0.1, 0.15) is 0 Å². The van der Waals surface area contributed by atoms with Gasteiger partial charge in [0, 0.05) is 0 Å². The maximum absolute atomic E-state index is 10.3. The van der Waals surface area contributed by atoms with Gasteiger partial charge in [-0.2, -0.15) is 23.8 Å². The molecular weight excluding hydrogens is 114 g/mol. The van der Waals surface area contributed by atoms with Crippen molar-refractivity contribution in [3.63, 3.8) is 0 Å². The largest absolute Gasteiger partial charge is 0.370 e. The summed E-state index contributed by atoms with van der Waals surface area (Å²) in [6.07, 6.45) is 0.354. The molecule has 0 saturated carbocycles. The van der Waals surface area contributed by atoms with Crippen LogP contribution in [-0.2, 0) is 11.2 Å². The maximum Gasteiger partial charge on any atom is 0.209 e. The number of hydrogen-bond donors (Lipinski definition) is 1. The molecule has 9 heavy (non-hydrogen) atoms. The second kappa shape index (κ2) is 2.40. The Bertz CT molecular complexity index is 189. The normalized spacial score (nSPS) is 9.33. The molecule has 48 valence electrons. The van der Waals surface area contributed by atoms with E-state index >= 15 is 0 Å². The minimum atomic E-state index is -0.277. The molecule has 0 aliphatic carbocycles. The second-order valence-electron chi connectivity index (χ2n) is 1.94. The number of carbonyl (C=O) groups excluding carboxylic acids is 1. The Morgan fingerprint density at radius 1 is 1.78 bits per heavy atom. The predicted molar refractivity (Wildman–Crippen MR) is 34.9 cm³/mol. The van der Waals surface area contributed by atoms with E-state index in [1.54, 1.807) is 0 Å². The van der Waals surface area contributed by atoms with Crippen molar-refractivity contribution in [2.75, 3.05) is 0 Å². The van der Waals surface area contributed by atoms with E-state index in [9.17, 15) is 4.79 Å². The zero-order valence-electron chi connectivity index (χ0n) is 5.00. The highest BCUT2D eigenvalue weighted by atomic mass is 16.1. The first-order chi connectivity index (χ1) is 4.29. The first-order valence-corrected chi connectivity index (χ1v) is 2.78. The lowest BCUT2D eigenvalue weighted by molar-refractivity contribution is -0.117. The van der Waals surface area contributed by atoms with Crippen LogP contribution in [0.4, 0.5) is 0 Å². The fourth-order valence-electron chi connectivity index (χ4n) is 0.733. The predicted octanol–water partition coefficient (Wildman–Crippen LogP) is 0.433. The van der Waals surface area contributed by atoms with E-state index in [-0.39, 0.29) is 5.91 Å². The molecule has 0 bridgehead atoms. The van der Waals surface area contributed by atoms with Gasteiger partial charge in [0.25, 0.3) is 0 Å². The number of carbonyl (C=O) groups is 1. The Hall–Kier alpha value is -1.18. The highest BCUT2D eigenvalue weighted by Gasteiger charge is 1.87. The average molecular weight is 122 g/mol. The monoisotopic (exact) mass is 122 g/mol. The number of hydrogen-bond acceptors (Lipinski definition) is 1. The van der Waals surface area contributed by atoms with Crippen molar-refractivity contribution in [2.45, 2.75) is 6.42 Å². The molecule has 0 aliphatic rings. The van der Waals surface area contributed by atoms with Crippen LogP contribution in [-0.4, -0.2) is 5.91 Å². The third kappa shape index (κ3) is 1.64. The fraction of sp³-hybridized carbons (Fsp3) is 0.143. The minimum absolute atomic E-state index is 0.277. The molecule has 1 aromatic rings. The standard InChI is InChI=1S/C7H8NO/c8-7(9)5-6-3-1-2-4-6/h1-4H,5H2,(H2,8,9)/q-1. The van der Waals surface area contributed by atoms with Crippen LogP contribution in [0.2, 0.25) is 0 Å². The van der Waals surface area contributed by atoms with Crippen LogP contribution < -0.4 is 5.73 Å². The zero-order valence-corrected chi connectivity index (χ0v) is 5.00. The lowest BCUT2D eigenvalue weighted by Gasteiger charge is -1.95. The van der Waals surface area contributed by atoms with Crippen LogP contribution in [0.25, 0.3) is 0 Å². The van der Waals surface area contributed by atoms with E-state index in [4.69, 9.17) is 5.73 Å². The van der Waals surface area contributed by atoms with Gasteiger partial charge in [0.15, 0.2) is 0 Å². The lowest BCUT2D eigenvalue weighted by atomic mass is 10.2. The summed E-state index contributed by atoms with van der Waals surface area (Å²) in [5, 5.41) is 0. The maximum atomic E-state index is 10.3. The molecule has 0 fully saturated rings. The summed E-state index contributed by atoms with van der Waals surface area (Å²) in [6.45, 7) is 0. The molecule has 1 aromatic carbocycles. The average Bonchev–Trinajstić information content (AvgIpc) is 2.15. The van der Waals surface area contributed by atoms with Gasteiger partial charge < -0.3 is 5.73 Å². The van der Waals surface area contributed by atoms with Crippen molar-refractivity contribution < 1.29 is 4.79 Å². The molecule has 0 radical (unpaired) electrons. The molecule has 2 nitrogen and oxygen atoms in total.